The fourth-order valence-electron chi connectivity index (χ4n) is 0.844. The molecular weight excluding hydrogens is 138 g/mol. The van der Waals surface area contributed by atoms with E-state index in [0.717, 1.165) is 0 Å². The molecule has 0 fully saturated rings. The first-order valence-electron chi connectivity index (χ1n) is 2.92. The van der Waals surface area contributed by atoms with Crippen LogP contribution in [0, 0.1) is 13.8 Å². The molecule has 10 heavy (non-hydrogen) atoms. The Bertz CT molecular complexity index is 230. The Morgan fingerprint density at radius 1 is 1.50 bits per heavy atom. The highest BCUT2D eigenvalue weighted by Gasteiger charge is 2.09. The fraction of sp³-hybridized carbons (Fsp3) is 0.500. The largest absolute Gasteiger partial charge is 0.333 e. The molecule has 0 radical (unpaired) electrons. The maximum absolute atomic E-state index is 11.9. The Labute approximate surface area is 57.5 Å². The zero-order chi connectivity index (χ0) is 7.72. The quantitative estimate of drug-likeness (QED) is 0.591. The Morgan fingerprint density at radius 3 is 2.30 bits per heavy atom. The predicted molar refractivity (Wildman–Crippen MR) is 33.0 cm³/mol. The van der Waals surface area contributed by atoms with Crippen LogP contribution in [0.4, 0.5) is 8.78 Å². The molecule has 1 aromatic rings. The van der Waals surface area contributed by atoms with Crippen molar-refractivity contribution in [2.45, 2.75) is 20.4 Å². The molecular formula is C6H8F2N2. The molecule has 0 saturated carbocycles. The van der Waals surface area contributed by atoms with E-state index < -0.39 is 6.55 Å². The third kappa shape index (κ3) is 1.15. The average molecular weight is 146 g/mol. The van der Waals surface area contributed by atoms with Gasteiger partial charge in [-0.05, 0) is 19.9 Å². The lowest BCUT2D eigenvalue weighted by molar-refractivity contribution is 0.0541. The summed E-state index contributed by atoms with van der Waals surface area (Å²) in [6, 6.07) is 1.62. The summed E-state index contributed by atoms with van der Waals surface area (Å²) in [6.07, 6.45) is 0. The molecule has 0 amide bonds. The summed E-state index contributed by atoms with van der Waals surface area (Å²) >= 11 is 0. The third-order valence-electron chi connectivity index (χ3n) is 1.23. The van der Waals surface area contributed by atoms with Gasteiger partial charge in [-0.15, -0.1) is 0 Å². The molecule has 56 valence electrons. The summed E-state index contributed by atoms with van der Waals surface area (Å²) in [6.45, 7) is 0.770. The average Bonchev–Trinajstić information content (AvgIpc) is 2.10. The van der Waals surface area contributed by atoms with Crippen molar-refractivity contribution in [3.8, 4) is 0 Å². The van der Waals surface area contributed by atoms with Crippen LogP contribution in [0.1, 0.15) is 17.9 Å². The van der Waals surface area contributed by atoms with Crippen LogP contribution in [0.25, 0.3) is 0 Å². The highest BCUT2D eigenvalue weighted by Crippen LogP contribution is 2.12. The minimum absolute atomic E-state index is 0.493. The van der Waals surface area contributed by atoms with Crippen molar-refractivity contribution >= 4 is 0 Å². The minimum atomic E-state index is -2.52. The standard InChI is InChI=1S/C6H8F2N2/c1-4-3-5(2)10(9-4)6(7)8/h3,6H,1-2H3. The zero-order valence-electron chi connectivity index (χ0n) is 5.81. The number of alkyl halides is 2. The molecule has 0 unspecified atom stereocenters. The lowest BCUT2D eigenvalue weighted by atomic mass is 10.4. The van der Waals surface area contributed by atoms with Crippen molar-refractivity contribution in [2.75, 3.05) is 0 Å². The van der Waals surface area contributed by atoms with E-state index in [1.54, 1.807) is 19.9 Å². The molecule has 2 nitrogen and oxygen atoms in total. The molecule has 0 atom stereocenters. The van der Waals surface area contributed by atoms with E-state index >= 15 is 0 Å². The first-order valence-corrected chi connectivity index (χ1v) is 2.92. The number of nitrogens with zero attached hydrogens (tertiary/aromatic N) is 2. The van der Waals surface area contributed by atoms with Crippen molar-refractivity contribution in [1.82, 2.24) is 9.78 Å². The second-order valence-corrected chi connectivity index (χ2v) is 2.15. The van der Waals surface area contributed by atoms with Gasteiger partial charge in [-0.3, -0.25) is 0 Å². The van der Waals surface area contributed by atoms with Crippen molar-refractivity contribution in [3.05, 3.63) is 17.5 Å². The second-order valence-electron chi connectivity index (χ2n) is 2.15. The Balaban J connectivity index is 3.03. The molecule has 0 aliphatic heterocycles. The second kappa shape index (κ2) is 2.36. The van der Waals surface area contributed by atoms with Gasteiger partial charge in [0, 0.05) is 5.69 Å². The molecule has 1 rings (SSSR count). The van der Waals surface area contributed by atoms with Gasteiger partial charge in [0.25, 0.3) is 0 Å². The molecule has 0 spiro atoms. The Morgan fingerprint density at radius 2 is 2.10 bits per heavy atom. The number of hydrogen-bond acceptors (Lipinski definition) is 1. The van der Waals surface area contributed by atoms with E-state index in [2.05, 4.69) is 5.10 Å². The maximum Gasteiger partial charge on any atom is 0.333 e. The molecule has 0 aromatic carbocycles. The van der Waals surface area contributed by atoms with Crippen LogP contribution < -0.4 is 0 Å². The van der Waals surface area contributed by atoms with Gasteiger partial charge in [0.2, 0.25) is 0 Å². The van der Waals surface area contributed by atoms with E-state index in [-0.39, 0.29) is 0 Å². The van der Waals surface area contributed by atoms with Gasteiger partial charge in [0.15, 0.2) is 0 Å². The van der Waals surface area contributed by atoms with Gasteiger partial charge in [-0.2, -0.15) is 13.9 Å². The fourth-order valence-corrected chi connectivity index (χ4v) is 0.844. The number of aromatic nitrogens is 2. The molecule has 1 aromatic heterocycles. The van der Waals surface area contributed by atoms with Crippen LogP contribution in [0.5, 0.6) is 0 Å². The highest BCUT2D eigenvalue weighted by atomic mass is 19.3. The molecule has 0 bridgehead atoms. The number of halogens is 2. The van der Waals surface area contributed by atoms with Gasteiger partial charge in [0.05, 0.1) is 5.69 Å². The van der Waals surface area contributed by atoms with Gasteiger partial charge in [-0.1, -0.05) is 0 Å². The normalized spacial score (nSPS) is 10.9. The molecule has 0 saturated heterocycles. The number of rotatable bonds is 1. The van der Waals surface area contributed by atoms with E-state index in [9.17, 15) is 8.78 Å². The van der Waals surface area contributed by atoms with Crippen molar-refractivity contribution in [1.29, 1.82) is 0 Å². The first-order chi connectivity index (χ1) is 4.61. The minimum Gasteiger partial charge on any atom is -0.209 e. The van der Waals surface area contributed by atoms with Gasteiger partial charge in [-0.25, -0.2) is 4.68 Å². The lowest BCUT2D eigenvalue weighted by Crippen LogP contribution is -2.01. The van der Waals surface area contributed by atoms with Crippen LogP contribution >= 0.6 is 0 Å². The van der Waals surface area contributed by atoms with Crippen LogP contribution in [-0.2, 0) is 0 Å². The van der Waals surface area contributed by atoms with Crippen LogP contribution in [0.2, 0.25) is 0 Å². The predicted octanol–water partition coefficient (Wildman–Crippen LogP) is 1.90. The maximum atomic E-state index is 11.9. The summed E-state index contributed by atoms with van der Waals surface area (Å²) in [5.41, 5.74) is 1.12. The topological polar surface area (TPSA) is 17.8 Å². The smallest absolute Gasteiger partial charge is 0.209 e. The van der Waals surface area contributed by atoms with Crippen molar-refractivity contribution in [2.24, 2.45) is 0 Å². The van der Waals surface area contributed by atoms with E-state index in [1.807, 2.05) is 0 Å². The monoisotopic (exact) mass is 146 g/mol. The molecule has 4 heteroatoms. The SMILES string of the molecule is Cc1cc(C)n(C(F)F)n1. The van der Waals surface area contributed by atoms with Crippen LogP contribution in [-0.4, -0.2) is 9.78 Å². The summed E-state index contributed by atoms with van der Waals surface area (Å²) < 4.78 is 24.6. The zero-order valence-corrected chi connectivity index (χ0v) is 5.81. The Hall–Kier alpha value is -0.930. The highest BCUT2D eigenvalue weighted by molar-refractivity contribution is 5.06. The van der Waals surface area contributed by atoms with Gasteiger partial charge >= 0.3 is 6.55 Å². The van der Waals surface area contributed by atoms with E-state index in [0.29, 0.717) is 16.1 Å². The molecule has 1 heterocycles. The summed E-state index contributed by atoms with van der Waals surface area (Å²) in [5, 5.41) is 3.58. The number of hydrogen-bond donors (Lipinski definition) is 0. The molecule has 0 aliphatic rings. The van der Waals surface area contributed by atoms with Crippen molar-refractivity contribution in [3.63, 3.8) is 0 Å². The molecule has 0 aliphatic carbocycles. The Kier molecular flexibility index (Phi) is 1.70. The number of aryl methyl sites for hydroxylation is 2. The lowest BCUT2D eigenvalue weighted by Gasteiger charge is -1.99. The molecule has 0 N–H and O–H groups in total. The van der Waals surface area contributed by atoms with Crippen LogP contribution in [0.3, 0.4) is 0 Å². The van der Waals surface area contributed by atoms with Gasteiger partial charge in [0.1, 0.15) is 0 Å². The summed E-state index contributed by atoms with van der Waals surface area (Å²) in [4.78, 5) is 0. The third-order valence-corrected chi connectivity index (χ3v) is 1.23. The van der Waals surface area contributed by atoms with Crippen LogP contribution in [0.15, 0.2) is 6.07 Å². The first kappa shape index (κ1) is 7.18. The van der Waals surface area contributed by atoms with Crippen molar-refractivity contribution < 1.29 is 8.78 Å². The van der Waals surface area contributed by atoms with E-state index in [4.69, 9.17) is 0 Å². The summed E-state index contributed by atoms with van der Waals surface area (Å²) in [5.74, 6) is 0. The van der Waals surface area contributed by atoms with Gasteiger partial charge < -0.3 is 0 Å². The summed E-state index contributed by atoms with van der Waals surface area (Å²) in [7, 11) is 0. The van der Waals surface area contributed by atoms with E-state index in [1.165, 1.54) is 0 Å².